The lowest BCUT2D eigenvalue weighted by Crippen LogP contribution is -2.49. The van der Waals surface area contributed by atoms with Crippen molar-refractivity contribution < 1.29 is 14.0 Å². The molecule has 2 amide bonds. The lowest BCUT2D eigenvalue weighted by Gasteiger charge is -2.42. The molecule has 0 aliphatic carbocycles. The van der Waals surface area contributed by atoms with Crippen LogP contribution in [0.4, 0.5) is 0 Å². The predicted octanol–water partition coefficient (Wildman–Crippen LogP) is 1.48. The number of amides is 2. The largest absolute Gasteiger partial charge is 0.467 e. The summed E-state index contributed by atoms with van der Waals surface area (Å²) >= 11 is 0. The Kier molecular flexibility index (Phi) is 4.83. The topological polar surface area (TPSA) is 84.5 Å². The number of furan rings is 1. The number of likely N-dealkylation sites (tertiary alicyclic amines) is 1. The van der Waals surface area contributed by atoms with Gasteiger partial charge in [-0.25, -0.2) is 0 Å². The van der Waals surface area contributed by atoms with E-state index in [2.05, 4.69) is 5.32 Å². The number of carbonyl (C=O) groups is 2. The molecular formula is C20H23N3O4. The van der Waals surface area contributed by atoms with Crippen LogP contribution in [-0.4, -0.2) is 34.4 Å². The van der Waals surface area contributed by atoms with Crippen LogP contribution in [0.1, 0.15) is 36.6 Å². The number of hydrogen-bond donors (Lipinski definition) is 1. The smallest absolute Gasteiger partial charge is 0.250 e. The molecule has 0 radical (unpaired) electrons. The first-order chi connectivity index (χ1) is 13.1. The Hall–Kier alpha value is -2.83. The minimum absolute atomic E-state index is 0.00424. The van der Waals surface area contributed by atoms with Crippen LogP contribution in [0, 0.1) is 5.92 Å². The average molecular weight is 369 g/mol. The fourth-order valence-corrected chi connectivity index (χ4v) is 4.17. The summed E-state index contributed by atoms with van der Waals surface area (Å²) in [5.41, 5.74) is 1.06. The number of rotatable bonds is 5. The zero-order valence-electron chi connectivity index (χ0n) is 15.1. The maximum atomic E-state index is 12.6. The molecule has 0 saturated carbocycles. The third-order valence-corrected chi connectivity index (χ3v) is 5.44. The number of pyridine rings is 1. The third kappa shape index (κ3) is 3.82. The van der Waals surface area contributed by atoms with Gasteiger partial charge in [0.25, 0.3) is 5.56 Å². The van der Waals surface area contributed by atoms with Crippen molar-refractivity contribution in [3.05, 3.63) is 58.4 Å². The minimum atomic E-state index is -0.158. The van der Waals surface area contributed by atoms with Crippen LogP contribution >= 0.6 is 0 Å². The van der Waals surface area contributed by atoms with Crippen LogP contribution < -0.4 is 10.9 Å². The molecule has 1 saturated heterocycles. The molecule has 7 heteroatoms. The third-order valence-electron chi connectivity index (χ3n) is 5.44. The summed E-state index contributed by atoms with van der Waals surface area (Å²) in [5, 5.41) is 2.76. The Labute approximate surface area is 157 Å². The van der Waals surface area contributed by atoms with Gasteiger partial charge in [-0.2, -0.15) is 0 Å². The lowest BCUT2D eigenvalue weighted by molar-refractivity contribution is -0.136. The maximum absolute atomic E-state index is 12.6. The van der Waals surface area contributed by atoms with Crippen molar-refractivity contribution in [3.63, 3.8) is 0 Å². The molecule has 142 valence electrons. The number of aromatic nitrogens is 1. The van der Waals surface area contributed by atoms with Crippen molar-refractivity contribution in [2.45, 2.75) is 38.3 Å². The van der Waals surface area contributed by atoms with E-state index in [9.17, 15) is 14.4 Å². The van der Waals surface area contributed by atoms with Gasteiger partial charge in [0.05, 0.1) is 12.8 Å². The molecule has 2 aliphatic rings. The van der Waals surface area contributed by atoms with Crippen molar-refractivity contribution >= 4 is 11.8 Å². The van der Waals surface area contributed by atoms with E-state index >= 15 is 0 Å². The molecule has 2 atom stereocenters. The molecule has 0 spiro atoms. The second kappa shape index (κ2) is 7.42. The van der Waals surface area contributed by atoms with E-state index in [0.29, 0.717) is 37.9 Å². The number of nitrogens with one attached hydrogen (secondary N) is 1. The zero-order valence-corrected chi connectivity index (χ0v) is 15.1. The highest BCUT2D eigenvalue weighted by atomic mass is 16.3. The SMILES string of the molecule is O=C(CCC(=O)N1CC2CC(C1)c1cccc(=O)n1C2)NCc1ccco1. The quantitative estimate of drug-likeness (QED) is 0.865. The summed E-state index contributed by atoms with van der Waals surface area (Å²) in [7, 11) is 0. The van der Waals surface area contributed by atoms with Crippen molar-refractivity contribution in [3.8, 4) is 0 Å². The first-order valence-electron chi connectivity index (χ1n) is 9.37. The molecule has 2 unspecified atom stereocenters. The van der Waals surface area contributed by atoms with E-state index in [0.717, 1.165) is 12.1 Å². The van der Waals surface area contributed by atoms with E-state index < -0.39 is 0 Å². The van der Waals surface area contributed by atoms with Crippen LogP contribution in [0.5, 0.6) is 0 Å². The van der Waals surface area contributed by atoms with Crippen molar-refractivity contribution in [1.82, 2.24) is 14.8 Å². The first-order valence-corrected chi connectivity index (χ1v) is 9.37. The normalized spacial score (nSPS) is 20.8. The second-order valence-electron chi connectivity index (χ2n) is 7.35. The van der Waals surface area contributed by atoms with Gasteiger partial charge in [0, 0.05) is 50.2 Å². The van der Waals surface area contributed by atoms with Gasteiger partial charge in [-0.15, -0.1) is 0 Å². The van der Waals surface area contributed by atoms with Gasteiger partial charge in [-0.05, 0) is 30.5 Å². The van der Waals surface area contributed by atoms with E-state index in [-0.39, 0.29) is 36.1 Å². The molecule has 0 aromatic carbocycles. The van der Waals surface area contributed by atoms with Crippen molar-refractivity contribution in [2.75, 3.05) is 13.1 Å². The van der Waals surface area contributed by atoms with Gasteiger partial charge in [-0.1, -0.05) is 6.07 Å². The van der Waals surface area contributed by atoms with Crippen molar-refractivity contribution in [1.29, 1.82) is 0 Å². The van der Waals surface area contributed by atoms with Crippen LogP contribution in [-0.2, 0) is 22.7 Å². The second-order valence-corrected chi connectivity index (χ2v) is 7.35. The van der Waals surface area contributed by atoms with Gasteiger partial charge < -0.3 is 19.2 Å². The molecule has 2 aromatic heterocycles. The number of carbonyl (C=O) groups excluding carboxylic acids is 2. The van der Waals surface area contributed by atoms with Crippen LogP contribution in [0.25, 0.3) is 0 Å². The van der Waals surface area contributed by atoms with Gasteiger partial charge >= 0.3 is 0 Å². The van der Waals surface area contributed by atoms with E-state index in [1.54, 1.807) is 30.5 Å². The highest BCUT2D eigenvalue weighted by Gasteiger charge is 2.36. The molecule has 2 bridgehead atoms. The van der Waals surface area contributed by atoms with Crippen LogP contribution in [0.2, 0.25) is 0 Å². The summed E-state index contributed by atoms with van der Waals surface area (Å²) in [6.45, 7) is 2.27. The van der Waals surface area contributed by atoms with Crippen LogP contribution in [0.3, 0.4) is 0 Å². The number of nitrogens with zero attached hydrogens (tertiary/aromatic N) is 2. The van der Waals surface area contributed by atoms with E-state index in [4.69, 9.17) is 4.42 Å². The van der Waals surface area contributed by atoms with Gasteiger partial charge in [0.1, 0.15) is 5.76 Å². The molecule has 4 rings (SSSR count). The molecule has 1 N–H and O–H groups in total. The Morgan fingerprint density at radius 1 is 1.11 bits per heavy atom. The van der Waals surface area contributed by atoms with Gasteiger partial charge in [0.15, 0.2) is 0 Å². The van der Waals surface area contributed by atoms with Gasteiger partial charge in [-0.3, -0.25) is 14.4 Å². The van der Waals surface area contributed by atoms with E-state index in [1.807, 2.05) is 15.5 Å². The molecule has 27 heavy (non-hydrogen) atoms. The highest BCUT2D eigenvalue weighted by Crippen LogP contribution is 2.35. The Balaban J connectivity index is 1.31. The fourth-order valence-electron chi connectivity index (χ4n) is 4.17. The monoisotopic (exact) mass is 369 g/mol. The molecule has 1 fully saturated rings. The Morgan fingerprint density at radius 2 is 2.00 bits per heavy atom. The standard InChI is InChI=1S/C20H23N3O4/c24-18(21-10-16-3-2-8-27-16)6-7-19(25)22-11-14-9-15(13-22)17-4-1-5-20(26)23(17)12-14/h1-5,8,14-15H,6-7,9-13H2,(H,21,24). The lowest BCUT2D eigenvalue weighted by atomic mass is 9.83. The summed E-state index contributed by atoms with van der Waals surface area (Å²) in [6.07, 6.45) is 2.94. The number of piperidine rings is 1. The Bertz CT molecular complexity index is 887. The Morgan fingerprint density at radius 3 is 2.81 bits per heavy atom. The summed E-state index contributed by atoms with van der Waals surface area (Å²) in [4.78, 5) is 38.5. The molecule has 4 heterocycles. The maximum Gasteiger partial charge on any atom is 0.250 e. The average Bonchev–Trinajstić information content (AvgIpc) is 3.19. The summed E-state index contributed by atoms with van der Waals surface area (Å²) in [6, 6.07) is 8.93. The molecule has 2 aliphatic heterocycles. The fraction of sp³-hybridized carbons (Fsp3) is 0.450. The van der Waals surface area contributed by atoms with Crippen molar-refractivity contribution in [2.24, 2.45) is 5.92 Å². The number of fused-ring (bicyclic) bond motifs is 4. The number of hydrogen-bond acceptors (Lipinski definition) is 4. The molecular weight excluding hydrogens is 346 g/mol. The molecule has 2 aromatic rings. The molecule has 7 nitrogen and oxygen atoms in total. The summed E-state index contributed by atoms with van der Waals surface area (Å²) in [5.74, 6) is 1.03. The van der Waals surface area contributed by atoms with Gasteiger partial charge in [0.2, 0.25) is 11.8 Å². The summed E-state index contributed by atoms with van der Waals surface area (Å²) < 4.78 is 7.02. The predicted molar refractivity (Wildman–Crippen MR) is 97.9 cm³/mol. The highest BCUT2D eigenvalue weighted by molar-refractivity contribution is 5.83. The van der Waals surface area contributed by atoms with E-state index in [1.165, 1.54) is 0 Å². The first kappa shape index (κ1) is 17.6. The zero-order chi connectivity index (χ0) is 18.8. The minimum Gasteiger partial charge on any atom is -0.467 e. The van der Waals surface area contributed by atoms with Crippen LogP contribution in [0.15, 0.2) is 45.8 Å².